The first-order valence-electron chi connectivity index (χ1n) is 7.05. The predicted molar refractivity (Wildman–Crippen MR) is 70.2 cm³/mol. The highest BCUT2D eigenvalue weighted by molar-refractivity contribution is 5.10. The molecule has 112 valence electrons. The molecule has 2 rings (SSSR count). The van der Waals surface area contributed by atoms with Gasteiger partial charge in [0.15, 0.2) is 0 Å². The van der Waals surface area contributed by atoms with Crippen molar-refractivity contribution < 1.29 is 18.3 Å². The van der Waals surface area contributed by atoms with Crippen LogP contribution in [0.15, 0.2) is 24.4 Å². The summed E-state index contributed by atoms with van der Waals surface area (Å²) < 4.78 is 38.4. The summed E-state index contributed by atoms with van der Waals surface area (Å²) in [5.41, 5.74) is 0.731. The summed E-state index contributed by atoms with van der Waals surface area (Å²) in [5.74, 6) is -1.81. The van der Waals surface area contributed by atoms with Gasteiger partial charge in [-0.2, -0.15) is 13.2 Å². The molecule has 1 fully saturated rings. The molecule has 0 radical (unpaired) electrons. The molecule has 0 amide bonds. The number of hydrogen-bond donors (Lipinski definition) is 1. The highest BCUT2D eigenvalue weighted by atomic mass is 19.4. The number of rotatable bonds is 3. The average molecular weight is 287 g/mol. The van der Waals surface area contributed by atoms with Crippen molar-refractivity contribution in [2.24, 2.45) is 11.8 Å². The number of aromatic nitrogens is 1. The molecule has 1 heterocycles. The largest absolute Gasteiger partial charge is 0.392 e. The third kappa shape index (κ3) is 3.51. The van der Waals surface area contributed by atoms with Crippen molar-refractivity contribution in [3.05, 3.63) is 30.1 Å². The third-order valence-electron chi connectivity index (χ3n) is 4.33. The number of aliphatic hydroxyl groups excluding tert-OH is 1. The second kappa shape index (κ2) is 6.12. The van der Waals surface area contributed by atoms with Gasteiger partial charge in [0.1, 0.15) is 0 Å². The minimum atomic E-state index is -4.15. The number of hydrogen-bond acceptors (Lipinski definition) is 2. The summed E-state index contributed by atoms with van der Waals surface area (Å²) >= 11 is 0. The molecule has 1 aliphatic rings. The number of pyridine rings is 1. The summed E-state index contributed by atoms with van der Waals surface area (Å²) in [4.78, 5) is 4.18. The molecule has 1 N–H and O–H groups in total. The lowest BCUT2D eigenvalue weighted by Crippen LogP contribution is -2.35. The van der Waals surface area contributed by atoms with Crippen LogP contribution in [0.5, 0.6) is 0 Å². The Labute approximate surface area is 117 Å². The van der Waals surface area contributed by atoms with E-state index < -0.39 is 18.2 Å². The molecule has 1 aliphatic carbocycles. The monoisotopic (exact) mass is 287 g/mol. The van der Waals surface area contributed by atoms with Gasteiger partial charge in [0.2, 0.25) is 0 Å². The zero-order valence-electron chi connectivity index (χ0n) is 11.5. The van der Waals surface area contributed by atoms with Crippen LogP contribution in [-0.2, 0) is 0 Å². The van der Waals surface area contributed by atoms with Crippen molar-refractivity contribution in [2.45, 2.75) is 50.8 Å². The van der Waals surface area contributed by atoms with Crippen molar-refractivity contribution >= 4 is 0 Å². The Morgan fingerprint density at radius 1 is 1.30 bits per heavy atom. The van der Waals surface area contributed by atoms with Crippen LogP contribution in [0.4, 0.5) is 13.2 Å². The predicted octanol–water partition coefficient (Wildman–Crippen LogP) is 3.91. The molecule has 0 aliphatic heterocycles. The molecule has 4 atom stereocenters. The molecule has 5 heteroatoms. The summed E-state index contributed by atoms with van der Waals surface area (Å²) in [7, 11) is 0. The van der Waals surface area contributed by atoms with E-state index in [9.17, 15) is 18.3 Å². The molecule has 0 saturated heterocycles. The number of nitrogens with zero attached hydrogens (tertiary/aromatic N) is 1. The van der Waals surface area contributed by atoms with Gasteiger partial charge in [-0.1, -0.05) is 19.4 Å². The van der Waals surface area contributed by atoms with Gasteiger partial charge in [-0.25, -0.2) is 0 Å². The molecule has 0 spiro atoms. The third-order valence-corrected chi connectivity index (χ3v) is 4.33. The van der Waals surface area contributed by atoms with Gasteiger partial charge >= 0.3 is 6.18 Å². The maximum Gasteiger partial charge on any atom is 0.391 e. The SMILES string of the molecule is CC(c1ccccn1)C(O)C1CCCC(C(F)(F)F)C1. The normalized spacial score (nSPS) is 27.1. The smallest absolute Gasteiger partial charge is 0.391 e. The van der Waals surface area contributed by atoms with E-state index in [1.807, 2.05) is 13.0 Å². The van der Waals surface area contributed by atoms with Crippen LogP contribution in [0.1, 0.15) is 44.2 Å². The molecular weight excluding hydrogens is 267 g/mol. The fourth-order valence-corrected chi connectivity index (χ4v) is 3.06. The average Bonchev–Trinajstić information content (AvgIpc) is 2.46. The van der Waals surface area contributed by atoms with Gasteiger partial charge in [0.25, 0.3) is 0 Å². The van der Waals surface area contributed by atoms with Crippen molar-refractivity contribution in [1.29, 1.82) is 0 Å². The van der Waals surface area contributed by atoms with Gasteiger partial charge in [0.05, 0.1) is 12.0 Å². The number of aliphatic hydroxyl groups is 1. The molecule has 1 aromatic heterocycles. The second-order valence-electron chi connectivity index (χ2n) is 5.70. The lowest BCUT2D eigenvalue weighted by molar-refractivity contribution is -0.189. The van der Waals surface area contributed by atoms with E-state index in [0.29, 0.717) is 12.8 Å². The Morgan fingerprint density at radius 3 is 2.65 bits per heavy atom. The maximum absolute atomic E-state index is 12.8. The van der Waals surface area contributed by atoms with Crippen molar-refractivity contribution in [1.82, 2.24) is 4.98 Å². The molecular formula is C15H20F3NO. The Bertz CT molecular complexity index is 421. The fraction of sp³-hybridized carbons (Fsp3) is 0.667. The van der Waals surface area contributed by atoms with E-state index in [-0.39, 0.29) is 24.7 Å². The van der Waals surface area contributed by atoms with Crippen LogP contribution >= 0.6 is 0 Å². The van der Waals surface area contributed by atoms with Crippen molar-refractivity contribution in [3.8, 4) is 0 Å². The number of halogens is 3. The van der Waals surface area contributed by atoms with Gasteiger partial charge in [-0.15, -0.1) is 0 Å². The maximum atomic E-state index is 12.8. The van der Waals surface area contributed by atoms with Crippen molar-refractivity contribution in [2.75, 3.05) is 0 Å². The number of alkyl halides is 3. The lowest BCUT2D eigenvalue weighted by atomic mass is 9.75. The van der Waals surface area contributed by atoms with Crippen LogP contribution in [0.2, 0.25) is 0 Å². The minimum absolute atomic E-state index is 0.0296. The Balaban J connectivity index is 2.03. The fourth-order valence-electron chi connectivity index (χ4n) is 3.06. The zero-order chi connectivity index (χ0) is 14.8. The van der Waals surface area contributed by atoms with E-state index in [2.05, 4.69) is 4.98 Å². The molecule has 2 nitrogen and oxygen atoms in total. The van der Waals surface area contributed by atoms with Gasteiger partial charge < -0.3 is 5.11 Å². The van der Waals surface area contributed by atoms with E-state index in [0.717, 1.165) is 5.69 Å². The summed E-state index contributed by atoms with van der Waals surface area (Å²) in [6.45, 7) is 1.82. The van der Waals surface area contributed by atoms with E-state index >= 15 is 0 Å². The lowest BCUT2D eigenvalue weighted by Gasteiger charge is -2.35. The molecule has 4 unspecified atom stereocenters. The van der Waals surface area contributed by atoms with Crippen LogP contribution < -0.4 is 0 Å². The highest BCUT2D eigenvalue weighted by Gasteiger charge is 2.44. The molecule has 1 saturated carbocycles. The first-order valence-corrected chi connectivity index (χ1v) is 7.05. The first kappa shape index (κ1) is 15.3. The molecule has 1 aromatic rings. The molecule has 20 heavy (non-hydrogen) atoms. The van der Waals surface area contributed by atoms with Gasteiger partial charge in [-0.05, 0) is 37.3 Å². The van der Waals surface area contributed by atoms with Gasteiger partial charge in [0, 0.05) is 17.8 Å². The van der Waals surface area contributed by atoms with Crippen LogP contribution in [-0.4, -0.2) is 22.4 Å². The second-order valence-corrected chi connectivity index (χ2v) is 5.70. The highest BCUT2D eigenvalue weighted by Crippen LogP contribution is 2.42. The summed E-state index contributed by atoms with van der Waals surface area (Å²) in [6, 6.07) is 5.41. The van der Waals surface area contributed by atoms with Crippen LogP contribution in [0.3, 0.4) is 0 Å². The van der Waals surface area contributed by atoms with Gasteiger partial charge in [-0.3, -0.25) is 4.98 Å². The zero-order valence-corrected chi connectivity index (χ0v) is 11.5. The van der Waals surface area contributed by atoms with Crippen molar-refractivity contribution in [3.63, 3.8) is 0 Å². The summed E-state index contributed by atoms with van der Waals surface area (Å²) in [6.07, 6.45) is -1.88. The minimum Gasteiger partial charge on any atom is -0.392 e. The topological polar surface area (TPSA) is 33.1 Å². The standard InChI is InChI=1S/C15H20F3NO/c1-10(13-7-2-3-8-19-13)14(20)11-5-4-6-12(9-11)15(16,17)18/h2-3,7-8,10-12,14,20H,4-6,9H2,1H3. The summed E-state index contributed by atoms with van der Waals surface area (Å²) in [5, 5.41) is 10.4. The Hall–Kier alpha value is -1.10. The Kier molecular flexibility index (Phi) is 4.68. The van der Waals surface area contributed by atoms with Crippen LogP contribution in [0.25, 0.3) is 0 Å². The van der Waals surface area contributed by atoms with E-state index in [1.165, 1.54) is 0 Å². The first-order chi connectivity index (χ1) is 9.39. The molecule has 0 aromatic carbocycles. The van der Waals surface area contributed by atoms with E-state index in [4.69, 9.17) is 0 Å². The van der Waals surface area contributed by atoms with Crippen LogP contribution in [0, 0.1) is 11.8 Å². The Morgan fingerprint density at radius 2 is 2.05 bits per heavy atom. The molecule has 0 bridgehead atoms. The van der Waals surface area contributed by atoms with E-state index in [1.54, 1.807) is 18.3 Å². The quantitative estimate of drug-likeness (QED) is 0.914.